The zero-order chi connectivity index (χ0) is 11.2. The predicted octanol–water partition coefficient (Wildman–Crippen LogP) is 4.49. The van der Waals surface area contributed by atoms with E-state index in [4.69, 9.17) is 4.89 Å². The van der Waals surface area contributed by atoms with Crippen molar-refractivity contribution in [3.63, 3.8) is 0 Å². The molecule has 1 aliphatic carbocycles. The topological polar surface area (TPSA) is 20.2 Å². The normalized spacial score (nSPS) is 12.1. The van der Waals surface area contributed by atoms with Gasteiger partial charge in [-0.1, -0.05) is 13.8 Å². The standard InChI is InChI=1S/C5H5.C4H11OP.2HI.Ir/c1-2-4-5-3-1;1-3-6(5)4-2;;;/h1-3H,4H2;5H,3-4H2,1-2H3;2*1H;/q-1;;;;+3/p-2. The summed E-state index contributed by atoms with van der Waals surface area (Å²) in [5, 5.41) is 0. The Kier molecular flexibility index (Phi) is 22.8. The van der Waals surface area contributed by atoms with Gasteiger partial charge in [0.2, 0.25) is 0 Å². The summed E-state index contributed by atoms with van der Waals surface area (Å²) < 4.78 is 0. The van der Waals surface area contributed by atoms with Crippen LogP contribution >= 0.6 is 47.3 Å². The van der Waals surface area contributed by atoms with Crippen molar-refractivity contribution < 1.29 is 15.4 Å². The first-order valence-corrected chi connectivity index (χ1v) is 19.5. The second kappa shape index (κ2) is 17.4. The fourth-order valence-corrected chi connectivity index (χ4v) is 1.01. The van der Waals surface area contributed by atoms with Crippen LogP contribution in [0.4, 0.5) is 0 Å². The van der Waals surface area contributed by atoms with Crippen LogP contribution in [0.1, 0.15) is 20.3 Å². The number of allylic oxidation sites excluding steroid dienone is 4. The molecule has 5 heteroatoms. The quantitative estimate of drug-likeness (QED) is 0.276. The average Bonchev–Trinajstić information content (AvgIpc) is 2.76. The van der Waals surface area contributed by atoms with E-state index in [1.807, 2.05) is 26.0 Å². The van der Waals surface area contributed by atoms with Crippen molar-refractivity contribution in [2.75, 3.05) is 12.3 Å². The molecule has 0 saturated heterocycles. The zero-order valence-electron chi connectivity index (χ0n) is 8.34. The van der Waals surface area contributed by atoms with E-state index >= 15 is 0 Å². The fourth-order valence-electron chi connectivity index (χ4n) is 0.564. The molecule has 0 saturated carbocycles. The molecule has 0 aromatic carbocycles. The van der Waals surface area contributed by atoms with Crippen molar-refractivity contribution >= 4 is 47.3 Å². The van der Waals surface area contributed by atoms with Crippen molar-refractivity contribution in [3.8, 4) is 0 Å². The van der Waals surface area contributed by atoms with E-state index in [9.17, 15) is 0 Å². The van der Waals surface area contributed by atoms with Gasteiger partial charge in [0, 0.05) is 8.15 Å². The van der Waals surface area contributed by atoms with Crippen LogP contribution in [0.15, 0.2) is 18.2 Å². The molecule has 0 atom stereocenters. The van der Waals surface area contributed by atoms with Crippen LogP contribution in [0.3, 0.4) is 0 Å². The molecule has 0 radical (unpaired) electrons. The maximum atomic E-state index is 8.73. The van der Waals surface area contributed by atoms with Crippen LogP contribution in [-0.4, -0.2) is 17.2 Å². The predicted molar refractivity (Wildman–Crippen MR) is 79.8 cm³/mol. The van der Waals surface area contributed by atoms with E-state index in [0.29, 0.717) is 10.5 Å². The van der Waals surface area contributed by atoms with E-state index in [2.05, 4.69) is 51.3 Å². The van der Waals surface area contributed by atoms with Gasteiger partial charge in [-0.2, -0.15) is 6.08 Å². The Labute approximate surface area is 118 Å². The summed E-state index contributed by atoms with van der Waals surface area (Å²) in [4.78, 5) is 8.73. The van der Waals surface area contributed by atoms with Gasteiger partial charge in [-0.05, 0) is 12.3 Å². The molecule has 14 heavy (non-hydrogen) atoms. The number of hydrogen-bond acceptors (Lipinski definition) is 1. The minimum absolute atomic E-state index is 0.440. The van der Waals surface area contributed by atoms with Crippen LogP contribution in [0, 0.1) is 6.08 Å². The third-order valence-corrected chi connectivity index (χ3v) is 2.78. The van der Waals surface area contributed by atoms with Crippen molar-refractivity contribution in [2.45, 2.75) is 20.3 Å². The molecule has 0 unspecified atom stereocenters. The second-order valence-electron chi connectivity index (χ2n) is 2.19. The molecule has 1 aliphatic rings. The summed E-state index contributed by atoms with van der Waals surface area (Å²) in [6.07, 6.45) is 11.9. The summed E-state index contributed by atoms with van der Waals surface area (Å²) >= 11 is 4.80. The zero-order valence-corrected chi connectivity index (χ0v) is 15.9. The van der Waals surface area contributed by atoms with Crippen LogP contribution in [0.25, 0.3) is 0 Å². The summed E-state index contributed by atoms with van der Waals surface area (Å²) in [7, 11) is -0.136. The first-order valence-electron chi connectivity index (χ1n) is 4.22. The molecular weight excluding hydrogens is 601 g/mol. The third kappa shape index (κ3) is 19.5. The number of hydrogen-bond donors (Lipinski definition) is 1. The van der Waals surface area contributed by atoms with Crippen LogP contribution in [0.2, 0.25) is 0 Å². The van der Waals surface area contributed by atoms with Gasteiger partial charge in [0.1, 0.15) is 0 Å². The van der Waals surface area contributed by atoms with Gasteiger partial charge in [-0.15, -0.1) is 6.42 Å². The number of rotatable bonds is 2. The molecule has 0 bridgehead atoms. The molecule has 1 N–H and O–H groups in total. The fraction of sp³-hybridized carbons (Fsp3) is 0.556. The van der Waals surface area contributed by atoms with Crippen LogP contribution in [0.5, 0.6) is 0 Å². The molecule has 0 spiro atoms. The summed E-state index contributed by atoms with van der Waals surface area (Å²) in [5.41, 5.74) is 0. The van der Waals surface area contributed by atoms with Crippen molar-refractivity contribution in [2.24, 2.45) is 0 Å². The molecular formula is C9H16I2IrOP. The number of halogens is 2. The van der Waals surface area contributed by atoms with E-state index in [1.54, 1.807) is 0 Å². The molecule has 86 valence electrons. The average molecular weight is 617 g/mol. The summed E-state index contributed by atoms with van der Waals surface area (Å²) in [5.74, 6) is 0. The minimum atomic E-state index is -0.576. The monoisotopic (exact) mass is 618 g/mol. The Morgan fingerprint density at radius 1 is 1.43 bits per heavy atom. The molecule has 0 aromatic heterocycles. The first kappa shape index (κ1) is 18.3. The van der Waals surface area contributed by atoms with Gasteiger partial charge in [-0.3, -0.25) is 6.08 Å². The van der Waals surface area contributed by atoms with Crippen LogP contribution in [-0.2, 0) is 10.5 Å². The molecule has 0 heterocycles. The van der Waals surface area contributed by atoms with Gasteiger partial charge >= 0.3 is 49.7 Å². The SMILES string of the molecule is CCP(O)CC.[C-]1=CC=CC1.[I][Ir+][I]. The maximum absolute atomic E-state index is 8.73. The Morgan fingerprint density at radius 3 is 2.00 bits per heavy atom. The molecule has 1 rings (SSSR count). The first-order chi connectivity index (χ1) is 6.72. The van der Waals surface area contributed by atoms with E-state index in [0.717, 1.165) is 18.7 Å². The van der Waals surface area contributed by atoms with Gasteiger partial charge in [0.05, 0.1) is 0 Å². The van der Waals surface area contributed by atoms with Gasteiger partial charge in [0.15, 0.2) is 0 Å². The molecule has 0 aliphatic heterocycles. The summed E-state index contributed by atoms with van der Waals surface area (Å²) in [6.45, 7) is 4.02. The molecule has 1 nitrogen and oxygen atoms in total. The van der Waals surface area contributed by atoms with Gasteiger partial charge in [-0.25, -0.2) is 12.2 Å². The van der Waals surface area contributed by atoms with Crippen molar-refractivity contribution in [1.82, 2.24) is 0 Å². The van der Waals surface area contributed by atoms with Crippen molar-refractivity contribution in [3.05, 3.63) is 24.3 Å². The Morgan fingerprint density at radius 2 is 1.93 bits per heavy atom. The van der Waals surface area contributed by atoms with E-state index in [1.165, 1.54) is 0 Å². The molecule has 0 aromatic rings. The molecule has 0 fully saturated rings. The van der Waals surface area contributed by atoms with Gasteiger partial charge < -0.3 is 4.89 Å². The Balaban J connectivity index is 0. The van der Waals surface area contributed by atoms with Gasteiger partial charge in [0.25, 0.3) is 0 Å². The Hall–Kier alpha value is 1.98. The van der Waals surface area contributed by atoms with E-state index < -0.39 is 8.15 Å². The second-order valence-corrected chi connectivity index (χ2v) is 22.0. The van der Waals surface area contributed by atoms with Crippen molar-refractivity contribution in [1.29, 1.82) is 0 Å². The van der Waals surface area contributed by atoms with E-state index in [-0.39, 0.29) is 0 Å². The third-order valence-electron chi connectivity index (χ3n) is 1.32. The summed E-state index contributed by atoms with van der Waals surface area (Å²) in [6, 6.07) is 0. The van der Waals surface area contributed by atoms with Crippen LogP contribution < -0.4 is 0 Å². The Bertz CT molecular complexity index is 140. The molecule has 0 amide bonds.